The Morgan fingerprint density at radius 3 is 1.33 bits per heavy atom. The zero-order valence-corrected chi connectivity index (χ0v) is 14.5. The van der Waals surface area contributed by atoms with E-state index in [1.807, 2.05) is 0 Å². The molecular formula is C12H26N2O2Si2. The normalized spacial score (nSPS) is 22.3. The van der Waals surface area contributed by atoms with Gasteiger partial charge >= 0.3 is 0 Å². The molecule has 0 N–H and O–H groups in total. The number of rotatable bonds is 4. The molecule has 1 rings (SSSR count). The van der Waals surface area contributed by atoms with Crippen molar-refractivity contribution >= 4 is 28.1 Å². The van der Waals surface area contributed by atoms with E-state index in [2.05, 4.69) is 49.6 Å². The molecule has 0 radical (unpaired) electrons. The highest BCUT2D eigenvalue weighted by Gasteiger charge is 2.22. The average Bonchev–Trinajstić information content (AvgIpc) is 2.22. The van der Waals surface area contributed by atoms with Gasteiger partial charge in [0.1, 0.15) is 11.4 Å². The van der Waals surface area contributed by atoms with Crippen LogP contribution < -0.4 is 0 Å². The van der Waals surface area contributed by atoms with Crippen LogP contribution in [-0.2, 0) is 9.05 Å². The van der Waals surface area contributed by atoms with Crippen LogP contribution in [0.25, 0.3) is 0 Å². The van der Waals surface area contributed by atoms with Gasteiger partial charge in [-0.1, -0.05) is 0 Å². The molecule has 0 spiro atoms. The predicted molar refractivity (Wildman–Crippen MR) is 82.2 cm³/mol. The zero-order chi connectivity index (χ0) is 13.8. The van der Waals surface area contributed by atoms with Gasteiger partial charge in [0.15, 0.2) is 0 Å². The topological polar surface area (TPSA) is 43.2 Å². The highest BCUT2D eigenvalue weighted by Crippen LogP contribution is 2.16. The van der Waals surface area contributed by atoms with Crippen molar-refractivity contribution in [2.24, 2.45) is 10.3 Å². The van der Waals surface area contributed by atoms with Gasteiger partial charge < -0.3 is 9.05 Å². The summed E-state index contributed by atoms with van der Waals surface area (Å²) in [6.45, 7) is 12.8. The summed E-state index contributed by atoms with van der Waals surface area (Å²) in [4.78, 5) is 0. The van der Waals surface area contributed by atoms with Crippen molar-refractivity contribution < 1.29 is 9.05 Å². The molecule has 0 aromatic heterocycles. The fourth-order valence-corrected chi connectivity index (χ4v) is 2.22. The standard InChI is InChI=1S/C12H26N2O2Si2/c1-17(2,3)15-13-11-9-7-8-10-12(11)14-16-18(4,5)6/h7-10H2,1-6H3/b13-11-,14-12+. The molecule has 0 saturated heterocycles. The lowest BCUT2D eigenvalue weighted by atomic mass is 9.97. The van der Waals surface area contributed by atoms with E-state index < -0.39 is 16.6 Å². The summed E-state index contributed by atoms with van der Waals surface area (Å²) in [7, 11) is -3.21. The zero-order valence-electron chi connectivity index (χ0n) is 12.5. The molecule has 1 fully saturated rings. The van der Waals surface area contributed by atoms with Crippen LogP contribution in [0.4, 0.5) is 0 Å². The van der Waals surface area contributed by atoms with E-state index in [9.17, 15) is 0 Å². The fourth-order valence-electron chi connectivity index (χ4n) is 1.45. The van der Waals surface area contributed by atoms with Gasteiger partial charge in [-0.25, -0.2) is 0 Å². The number of oxime groups is 2. The van der Waals surface area contributed by atoms with Crippen molar-refractivity contribution in [3.63, 3.8) is 0 Å². The summed E-state index contributed by atoms with van der Waals surface area (Å²) in [5, 5.41) is 8.64. The lowest BCUT2D eigenvalue weighted by molar-refractivity contribution is 0.327. The maximum absolute atomic E-state index is 5.63. The molecule has 1 saturated carbocycles. The third-order valence-electron chi connectivity index (χ3n) is 2.27. The molecule has 0 aromatic rings. The SMILES string of the molecule is C[Si](C)(C)O/N=C1/CCCC/C1=N\O[Si](C)(C)C. The predicted octanol–water partition coefficient (Wildman–Crippen LogP) is 3.98. The molecule has 0 aromatic carbocycles. The maximum atomic E-state index is 5.63. The van der Waals surface area contributed by atoms with Gasteiger partial charge in [-0.05, 0) is 65.0 Å². The molecule has 0 unspecified atom stereocenters. The van der Waals surface area contributed by atoms with E-state index in [1.165, 1.54) is 12.8 Å². The Hall–Kier alpha value is -0.626. The molecule has 6 heteroatoms. The third-order valence-corrected chi connectivity index (χ3v) is 3.55. The van der Waals surface area contributed by atoms with Crippen molar-refractivity contribution in [3.8, 4) is 0 Å². The van der Waals surface area contributed by atoms with Gasteiger partial charge in [-0.3, -0.25) is 0 Å². The van der Waals surface area contributed by atoms with Crippen LogP contribution in [0.1, 0.15) is 25.7 Å². The van der Waals surface area contributed by atoms with Crippen LogP contribution in [0.5, 0.6) is 0 Å². The van der Waals surface area contributed by atoms with E-state index in [1.54, 1.807) is 0 Å². The smallest absolute Gasteiger partial charge is 0.278 e. The van der Waals surface area contributed by atoms with Gasteiger partial charge in [0.2, 0.25) is 0 Å². The molecular weight excluding hydrogens is 260 g/mol. The van der Waals surface area contributed by atoms with Crippen molar-refractivity contribution in [1.82, 2.24) is 0 Å². The molecule has 4 nitrogen and oxygen atoms in total. The summed E-state index contributed by atoms with van der Waals surface area (Å²) < 4.78 is 11.3. The maximum Gasteiger partial charge on any atom is 0.278 e. The van der Waals surface area contributed by atoms with E-state index in [0.29, 0.717) is 0 Å². The third kappa shape index (κ3) is 6.35. The average molecular weight is 287 g/mol. The summed E-state index contributed by atoms with van der Waals surface area (Å²) in [5.41, 5.74) is 1.98. The first-order valence-electron chi connectivity index (χ1n) is 6.68. The van der Waals surface area contributed by atoms with Gasteiger partial charge in [-0.15, -0.1) is 10.3 Å². The Kier molecular flexibility index (Phi) is 5.15. The number of nitrogens with zero attached hydrogens (tertiary/aromatic N) is 2. The fraction of sp³-hybridized carbons (Fsp3) is 0.833. The lowest BCUT2D eigenvalue weighted by Gasteiger charge is -2.20. The first kappa shape index (κ1) is 15.4. The lowest BCUT2D eigenvalue weighted by Crippen LogP contribution is -2.28. The van der Waals surface area contributed by atoms with Crippen molar-refractivity contribution in [2.75, 3.05) is 0 Å². The minimum Gasteiger partial charge on any atom is -0.455 e. The minimum absolute atomic E-state index is 0.957. The van der Waals surface area contributed by atoms with E-state index >= 15 is 0 Å². The Morgan fingerprint density at radius 2 is 1.06 bits per heavy atom. The largest absolute Gasteiger partial charge is 0.455 e. The van der Waals surface area contributed by atoms with Crippen LogP contribution in [0.3, 0.4) is 0 Å². The molecule has 0 aliphatic heterocycles. The molecule has 0 atom stereocenters. The van der Waals surface area contributed by atoms with Crippen LogP contribution in [0.2, 0.25) is 39.3 Å². The van der Waals surface area contributed by atoms with Crippen LogP contribution in [0, 0.1) is 0 Å². The molecule has 1 aliphatic rings. The highest BCUT2D eigenvalue weighted by atomic mass is 28.4. The Balaban J connectivity index is 2.74. The van der Waals surface area contributed by atoms with Crippen molar-refractivity contribution in [2.45, 2.75) is 65.0 Å². The summed E-state index contributed by atoms with van der Waals surface area (Å²) in [6.07, 6.45) is 4.25. The second-order valence-corrected chi connectivity index (χ2v) is 15.5. The summed E-state index contributed by atoms with van der Waals surface area (Å²) >= 11 is 0. The molecule has 18 heavy (non-hydrogen) atoms. The monoisotopic (exact) mass is 286 g/mol. The van der Waals surface area contributed by atoms with E-state index in [0.717, 1.165) is 24.3 Å². The van der Waals surface area contributed by atoms with Crippen molar-refractivity contribution in [1.29, 1.82) is 0 Å². The van der Waals surface area contributed by atoms with Crippen molar-refractivity contribution in [3.05, 3.63) is 0 Å². The second kappa shape index (κ2) is 6.01. The second-order valence-electron chi connectivity index (χ2n) is 6.69. The van der Waals surface area contributed by atoms with Gasteiger partial charge in [0.25, 0.3) is 16.6 Å². The van der Waals surface area contributed by atoms with Crippen LogP contribution >= 0.6 is 0 Å². The first-order valence-corrected chi connectivity index (χ1v) is 13.5. The van der Waals surface area contributed by atoms with Gasteiger partial charge in [0.05, 0.1) is 0 Å². The minimum atomic E-state index is -1.61. The Labute approximate surface area is 113 Å². The Bertz CT molecular complexity index is 307. The molecule has 1 aliphatic carbocycles. The molecule has 0 bridgehead atoms. The van der Waals surface area contributed by atoms with Gasteiger partial charge in [-0.2, -0.15) is 0 Å². The first-order chi connectivity index (χ1) is 8.17. The Morgan fingerprint density at radius 1 is 0.722 bits per heavy atom. The number of hydrogen-bond donors (Lipinski definition) is 0. The molecule has 0 amide bonds. The molecule has 104 valence electrons. The summed E-state index contributed by atoms with van der Waals surface area (Å²) in [6, 6.07) is 0. The van der Waals surface area contributed by atoms with Gasteiger partial charge in [0, 0.05) is 0 Å². The quantitative estimate of drug-likeness (QED) is 0.579. The number of hydrogen-bond acceptors (Lipinski definition) is 4. The molecule has 0 heterocycles. The van der Waals surface area contributed by atoms with Crippen LogP contribution in [-0.4, -0.2) is 28.1 Å². The van der Waals surface area contributed by atoms with E-state index in [-0.39, 0.29) is 0 Å². The van der Waals surface area contributed by atoms with Crippen LogP contribution in [0.15, 0.2) is 10.3 Å². The highest BCUT2D eigenvalue weighted by molar-refractivity contribution is 6.70. The van der Waals surface area contributed by atoms with E-state index in [4.69, 9.17) is 9.05 Å². The summed E-state index contributed by atoms with van der Waals surface area (Å²) in [5.74, 6) is 0.